The van der Waals surface area contributed by atoms with E-state index in [0.717, 1.165) is 54.3 Å². The number of ether oxygens (including phenoxy) is 1. The minimum Gasteiger partial charge on any atom is -0.452 e. The summed E-state index contributed by atoms with van der Waals surface area (Å²) in [5, 5.41) is 3.67. The SMILES string of the molecule is CC(C)[C@H](C)NC(=O)COC(=O)c1c2c(nc3ccccc13)CCCCC2. The van der Waals surface area contributed by atoms with Crippen LogP contribution < -0.4 is 5.32 Å². The highest BCUT2D eigenvalue weighted by Gasteiger charge is 2.23. The van der Waals surface area contributed by atoms with E-state index < -0.39 is 5.97 Å². The molecule has 2 aromatic rings. The van der Waals surface area contributed by atoms with Crippen LogP contribution in [0.1, 0.15) is 61.6 Å². The van der Waals surface area contributed by atoms with Crippen LogP contribution in [0, 0.1) is 5.92 Å². The van der Waals surface area contributed by atoms with Gasteiger partial charge >= 0.3 is 5.97 Å². The molecule has 27 heavy (non-hydrogen) atoms. The van der Waals surface area contributed by atoms with E-state index in [9.17, 15) is 9.59 Å². The summed E-state index contributed by atoms with van der Waals surface area (Å²) in [4.78, 5) is 29.8. The van der Waals surface area contributed by atoms with E-state index in [1.54, 1.807) is 0 Å². The van der Waals surface area contributed by atoms with E-state index in [4.69, 9.17) is 9.72 Å². The number of amides is 1. The number of nitrogens with zero attached hydrogens (tertiary/aromatic N) is 1. The molecule has 1 aromatic carbocycles. The Kier molecular flexibility index (Phi) is 6.09. The highest BCUT2D eigenvalue weighted by Crippen LogP contribution is 2.29. The molecule has 0 unspecified atom stereocenters. The Bertz CT molecular complexity index is 845. The maximum absolute atomic E-state index is 12.9. The third-order valence-electron chi connectivity index (χ3n) is 5.35. The predicted molar refractivity (Wildman–Crippen MR) is 106 cm³/mol. The van der Waals surface area contributed by atoms with E-state index in [1.165, 1.54) is 0 Å². The maximum atomic E-state index is 12.9. The summed E-state index contributed by atoms with van der Waals surface area (Å²) in [5.74, 6) is -0.377. The van der Waals surface area contributed by atoms with E-state index in [0.29, 0.717) is 11.5 Å². The number of aromatic nitrogens is 1. The van der Waals surface area contributed by atoms with Crippen LogP contribution in [-0.2, 0) is 22.4 Å². The molecule has 1 N–H and O–H groups in total. The van der Waals surface area contributed by atoms with Crippen molar-refractivity contribution in [2.24, 2.45) is 5.92 Å². The minimum atomic E-state index is -0.431. The van der Waals surface area contributed by atoms with Gasteiger partial charge in [-0.15, -0.1) is 0 Å². The molecule has 5 heteroatoms. The molecular weight excluding hydrogens is 340 g/mol. The fourth-order valence-electron chi connectivity index (χ4n) is 3.45. The molecule has 1 aliphatic carbocycles. The first-order valence-electron chi connectivity index (χ1n) is 9.84. The average molecular weight is 368 g/mol. The molecule has 0 bridgehead atoms. The molecule has 1 amide bonds. The molecule has 1 aliphatic rings. The number of esters is 1. The Labute approximate surface area is 160 Å². The lowest BCUT2D eigenvalue weighted by Crippen LogP contribution is -2.38. The summed E-state index contributed by atoms with van der Waals surface area (Å²) in [5.41, 5.74) is 3.38. The molecule has 3 rings (SSSR count). The van der Waals surface area contributed by atoms with E-state index >= 15 is 0 Å². The summed E-state index contributed by atoms with van der Waals surface area (Å²) in [7, 11) is 0. The number of carbonyl (C=O) groups excluding carboxylic acids is 2. The zero-order valence-electron chi connectivity index (χ0n) is 16.4. The molecular formula is C22H28N2O3. The number of benzene rings is 1. The quantitative estimate of drug-likeness (QED) is 0.643. The van der Waals surface area contributed by atoms with Crippen molar-refractivity contribution in [1.29, 1.82) is 0 Å². The Morgan fingerprint density at radius 1 is 1.11 bits per heavy atom. The van der Waals surface area contributed by atoms with Crippen LogP contribution in [-0.4, -0.2) is 29.5 Å². The molecule has 0 saturated carbocycles. The molecule has 1 heterocycles. The first-order valence-corrected chi connectivity index (χ1v) is 9.84. The van der Waals surface area contributed by atoms with Crippen molar-refractivity contribution in [2.45, 2.75) is 58.9 Å². The zero-order chi connectivity index (χ0) is 19.4. The Hall–Kier alpha value is -2.43. The second kappa shape index (κ2) is 8.51. The van der Waals surface area contributed by atoms with Gasteiger partial charge in [-0.25, -0.2) is 4.79 Å². The summed E-state index contributed by atoms with van der Waals surface area (Å²) >= 11 is 0. The fraction of sp³-hybridized carbons (Fsp3) is 0.500. The lowest BCUT2D eigenvalue weighted by molar-refractivity contribution is -0.125. The van der Waals surface area contributed by atoms with Gasteiger partial charge in [0.1, 0.15) is 0 Å². The molecule has 144 valence electrons. The highest BCUT2D eigenvalue weighted by atomic mass is 16.5. The Morgan fingerprint density at radius 3 is 2.63 bits per heavy atom. The maximum Gasteiger partial charge on any atom is 0.339 e. The third kappa shape index (κ3) is 4.46. The normalized spacial score (nSPS) is 15.1. The van der Waals surface area contributed by atoms with Crippen LogP contribution >= 0.6 is 0 Å². The topological polar surface area (TPSA) is 68.3 Å². The average Bonchev–Trinajstić information content (AvgIpc) is 2.89. The smallest absolute Gasteiger partial charge is 0.339 e. The summed E-state index contributed by atoms with van der Waals surface area (Å²) < 4.78 is 5.41. The van der Waals surface area contributed by atoms with E-state index in [2.05, 4.69) is 5.32 Å². The Morgan fingerprint density at radius 2 is 1.85 bits per heavy atom. The van der Waals surface area contributed by atoms with Crippen molar-refractivity contribution in [2.75, 3.05) is 6.61 Å². The molecule has 0 radical (unpaired) electrons. The number of carbonyl (C=O) groups is 2. The first kappa shape index (κ1) is 19.3. The molecule has 0 saturated heterocycles. The van der Waals surface area contributed by atoms with E-state index in [-0.39, 0.29) is 18.6 Å². The zero-order valence-corrected chi connectivity index (χ0v) is 16.4. The predicted octanol–water partition coefficient (Wildman–Crippen LogP) is 3.82. The number of hydrogen-bond acceptors (Lipinski definition) is 4. The van der Waals surface area contributed by atoms with Gasteiger partial charge in [-0.05, 0) is 50.2 Å². The van der Waals surface area contributed by atoms with Gasteiger partial charge in [-0.1, -0.05) is 38.5 Å². The third-order valence-corrected chi connectivity index (χ3v) is 5.35. The first-order chi connectivity index (χ1) is 13.0. The number of hydrogen-bond donors (Lipinski definition) is 1. The van der Waals surface area contributed by atoms with Gasteiger partial charge in [0.05, 0.1) is 11.1 Å². The van der Waals surface area contributed by atoms with Crippen LogP contribution in [0.4, 0.5) is 0 Å². The molecule has 1 atom stereocenters. The van der Waals surface area contributed by atoms with Crippen LogP contribution in [0.15, 0.2) is 24.3 Å². The van der Waals surface area contributed by atoms with Gasteiger partial charge in [-0.2, -0.15) is 0 Å². The van der Waals surface area contributed by atoms with Crippen molar-refractivity contribution < 1.29 is 14.3 Å². The number of nitrogens with one attached hydrogen (secondary N) is 1. The standard InChI is InChI=1S/C22H28N2O3/c1-14(2)15(3)23-20(25)13-27-22(26)21-16-9-5-4-6-11-18(16)24-19-12-8-7-10-17(19)21/h7-8,10,12,14-15H,4-6,9,11,13H2,1-3H3,(H,23,25)/t15-/m0/s1. The van der Waals surface area contributed by atoms with E-state index in [1.807, 2.05) is 45.0 Å². The summed E-state index contributed by atoms with van der Waals surface area (Å²) in [6.45, 7) is 5.76. The second-order valence-corrected chi connectivity index (χ2v) is 7.67. The van der Waals surface area contributed by atoms with Crippen LogP contribution in [0.3, 0.4) is 0 Å². The van der Waals surface area contributed by atoms with Gasteiger partial charge < -0.3 is 10.1 Å². The van der Waals surface area contributed by atoms with Crippen LogP contribution in [0.2, 0.25) is 0 Å². The van der Waals surface area contributed by atoms with Gasteiger partial charge in [0, 0.05) is 17.1 Å². The largest absolute Gasteiger partial charge is 0.452 e. The molecule has 0 spiro atoms. The van der Waals surface area contributed by atoms with Crippen molar-refractivity contribution in [3.8, 4) is 0 Å². The minimum absolute atomic E-state index is 0.0363. The van der Waals surface area contributed by atoms with Crippen molar-refractivity contribution >= 4 is 22.8 Å². The number of pyridine rings is 1. The fourth-order valence-corrected chi connectivity index (χ4v) is 3.45. The molecule has 1 aromatic heterocycles. The second-order valence-electron chi connectivity index (χ2n) is 7.67. The highest BCUT2D eigenvalue weighted by molar-refractivity contribution is 6.05. The Balaban J connectivity index is 1.85. The molecule has 0 aliphatic heterocycles. The lowest BCUT2D eigenvalue weighted by Gasteiger charge is -2.18. The molecule has 0 fully saturated rings. The lowest BCUT2D eigenvalue weighted by atomic mass is 9.97. The van der Waals surface area contributed by atoms with Crippen LogP contribution in [0.25, 0.3) is 10.9 Å². The van der Waals surface area contributed by atoms with Crippen molar-refractivity contribution in [3.05, 3.63) is 41.1 Å². The van der Waals surface area contributed by atoms with Gasteiger partial charge in [0.25, 0.3) is 5.91 Å². The van der Waals surface area contributed by atoms with Gasteiger partial charge in [0.15, 0.2) is 6.61 Å². The number of aryl methyl sites for hydroxylation is 1. The van der Waals surface area contributed by atoms with Gasteiger partial charge in [-0.3, -0.25) is 9.78 Å². The van der Waals surface area contributed by atoms with Crippen LogP contribution in [0.5, 0.6) is 0 Å². The van der Waals surface area contributed by atoms with Gasteiger partial charge in [0.2, 0.25) is 0 Å². The number of fused-ring (bicyclic) bond motifs is 2. The van der Waals surface area contributed by atoms with Crippen molar-refractivity contribution in [3.63, 3.8) is 0 Å². The molecule has 5 nitrogen and oxygen atoms in total. The summed E-state index contributed by atoms with van der Waals surface area (Å²) in [6.07, 6.45) is 4.97. The monoisotopic (exact) mass is 368 g/mol. The number of rotatable bonds is 5. The van der Waals surface area contributed by atoms with Crippen molar-refractivity contribution in [1.82, 2.24) is 10.3 Å². The number of para-hydroxylation sites is 1. The summed E-state index contributed by atoms with van der Waals surface area (Å²) in [6, 6.07) is 7.70.